The Balaban J connectivity index is 3.41. The Morgan fingerprint density at radius 1 is 1.43 bits per heavy atom. The molecule has 3 heteroatoms. The maximum absolute atomic E-state index is 13.4. The molecule has 0 saturated heterocycles. The third-order valence-electron chi connectivity index (χ3n) is 2.29. The van der Waals surface area contributed by atoms with Crippen LogP contribution in [-0.4, -0.2) is 0 Å². The molecule has 0 unspecified atom stereocenters. The van der Waals surface area contributed by atoms with Crippen LogP contribution in [0.1, 0.15) is 25.0 Å². The van der Waals surface area contributed by atoms with Crippen LogP contribution in [-0.2, 0) is 5.41 Å². The third-order valence-corrected chi connectivity index (χ3v) is 2.58. The number of hydrogen-bond acceptors (Lipinski definition) is 1. The summed E-state index contributed by atoms with van der Waals surface area (Å²) in [5.41, 5.74) is 0.446. The van der Waals surface area contributed by atoms with E-state index in [0.29, 0.717) is 11.1 Å². The highest BCUT2D eigenvalue weighted by Gasteiger charge is 2.23. The van der Waals surface area contributed by atoms with Crippen molar-refractivity contribution < 1.29 is 4.39 Å². The van der Waals surface area contributed by atoms with Gasteiger partial charge in [0.15, 0.2) is 0 Å². The van der Waals surface area contributed by atoms with Crippen molar-refractivity contribution in [3.63, 3.8) is 0 Å². The van der Waals surface area contributed by atoms with E-state index >= 15 is 0 Å². The van der Waals surface area contributed by atoms with E-state index in [-0.39, 0.29) is 5.02 Å². The number of halogens is 2. The first-order chi connectivity index (χ1) is 6.40. The summed E-state index contributed by atoms with van der Waals surface area (Å²) in [5.74, 6) is -0.438. The first-order valence-corrected chi connectivity index (χ1v) is 4.64. The van der Waals surface area contributed by atoms with Crippen LogP contribution >= 0.6 is 11.6 Å². The van der Waals surface area contributed by atoms with Crippen LogP contribution in [0.3, 0.4) is 0 Å². The molecule has 0 aliphatic rings. The summed E-state index contributed by atoms with van der Waals surface area (Å²) in [6, 6.07) is 5.32. The molecule has 0 radical (unpaired) electrons. The largest absolute Gasteiger partial charge is 0.205 e. The lowest BCUT2D eigenvalue weighted by molar-refractivity contribution is 0.601. The van der Waals surface area contributed by atoms with Gasteiger partial charge >= 0.3 is 0 Å². The molecule has 74 valence electrons. The zero-order valence-electron chi connectivity index (χ0n) is 8.36. The van der Waals surface area contributed by atoms with E-state index in [1.54, 1.807) is 26.8 Å². The van der Waals surface area contributed by atoms with Crippen LogP contribution in [0.15, 0.2) is 12.1 Å². The number of nitriles is 1. The zero-order valence-corrected chi connectivity index (χ0v) is 9.11. The lowest BCUT2D eigenvalue weighted by Gasteiger charge is -2.19. The normalized spacial score (nSPS) is 11.1. The highest BCUT2D eigenvalue weighted by atomic mass is 35.5. The van der Waals surface area contributed by atoms with Gasteiger partial charge in [0.1, 0.15) is 5.82 Å². The van der Waals surface area contributed by atoms with Crippen LogP contribution in [0, 0.1) is 24.1 Å². The number of nitrogens with zero attached hydrogens (tertiary/aromatic N) is 1. The first-order valence-electron chi connectivity index (χ1n) is 4.26. The second kappa shape index (κ2) is 3.59. The molecule has 0 bridgehead atoms. The average molecular weight is 212 g/mol. The van der Waals surface area contributed by atoms with Crippen molar-refractivity contribution in [3.05, 3.63) is 34.1 Å². The fourth-order valence-corrected chi connectivity index (χ4v) is 1.59. The van der Waals surface area contributed by atoms with Gasteiger partial charge in [0.05, 0.1) is 16.5 Å². The molecule has 0 N–H and O–H groups in total. The van der Waals surface area contributed by atoms with Crippen molar-refractivity contribution in [1.29, 1.82) is 5.26 Å². The second-order valence-corrected chi connectivity index (χ2v) is 4.18. The molecule has 14 heavy (non-hydrogen) atoms. The number of hydrogen-bond donors (Lipinski definition) is 0. The van der Waals surface area contributed by atoms with Gasteiger partial charge in [0.25, 0.3) is 0 Å². The van der Waals surface area contributed by atoms with Crippen LogP contribution in [0.5, 0.6) is 0 Å². The van der Waals surface area contributed by atoms with Crippen molar-refractivity contribution in [2.45, 2.75) is 26.2 Å². The lowest BCUT2D eigenvalue weighted by Crippen LogP contribution is -2.16. The molecule has 1 aromatic carbocycles. The van der Waals surface area contributed by atoms with Gasteiger partial charge in [-0.3, -0.25) is 0 Å². The molecule has 0 aliphatic carbocycles. The molecule has 0 aliphatic heterocycles. The summed E-state index contributed by atoms with van der Waals surface area (Å²) in [4.78, 5) is 0. The van der Waals surface area contributed by atoms with Crippen LogP contribution in [0.4, 0.5) is 4.39 Å². The molecule has 0 fully saturated rings. The summed E-state index contributed by atoms with van der Waals surface area (Å²) in [5, 5.41) is 9.02. The minimum Gasteiger partial charge on any atom is -0.205 e. The molecule has 0 saturated carbocycles. The van der Waals surface area contributed by atoms with Crippen LogP contribution in [0.25, 0.3) is 0 Å². The molecule has 1 nitrogen and oxygen atoms in total. The predicted molar refractivity (Wildman–Crippen MR) is 54.8 cm³/mol. The zero-order chi connectivity index (χ0) is 10.9. The molecule has 0 atom stereocenters. The Bertz CT molecular complexity index is 404. The van der Waals surface area contributed by atoms with Gasteiger partial charge in [0, 0.05) is 0 Å². The van der Waals surface area contributed by atoms with Crippen molar-refractivity contribution in [2.75, 3.05) is 0 Å². The van der Waals surface area contributed by atoms with E-state index in [1.807, 2.05) is 0 Å². The van der Waals surface area contributed by atoms with Crippen molar-refractivity contribution in [2.24, 2.45) is 0 Å². The van der Waals surface area contributed by atoms with Gasteiger partial charge in [-0.25, -0.2) is 4.39 Å². The molecule has 1 rings (SSSR count). The molecular formula is C11H11ClFN. The maximum atomic E-state index is 13.4. The Kier molecular flexibility index (Phi) is 2.82. The monoisotopic (exact) mass is 211 g/mol. The van der Waals surface area contributed by atoms with Gasteiger partial charge < -0.3 is 0 Å². The summed E-state index contributed by atoms with van der Waals surface area (Å²) in [6.07, 6.45) is 0. The van der Waals surface area contributed by atoms with Gasteiger partial charge in [0.2, 0.25) is 0 Å². The van der Waals surface area contributed by atoms with Gasteiger partial charge in [-0.15, -0.1) is 0 Å². The molecule has 0 spiro atoms. The second-order valence-electron chi connectivity index (χ2n) is 3.77. The van der Waals surface area contributed by atoms with E-state index < -0.39 is 11.2 Å². The van der Waals surface area contributed by atoms with Gasteiger partial charge in [-0.1, -0.05) is 17.7 Å². The maximum Gasteiger partial charge on any atom is 0.145 e. The molecule has 0 amide bonds. The van der Waals surface area contributed by atoms with E-state index in [1.165, 1.54) is 6.07 Å². The first kappa shape index (κ1) is 11.0. The highest BCUT2D eigenvalue weighted by molar-refractivity contribution is 6.30. The average Bonchev–Trinajstić information content (AvgIpc) is 2.14. The predicted octanol–water partition coefficient (Wildman–Crippen LogP) is 3.59. The standard InChI is InChI=1S/C11H11ClFN/c1-7-8(11(2,3)6-14)4-5-9(12)10(7)13/h4-5H,1-3H3. The van der Waals surface area contributed by atoms with Crippen LogP contribution in [0.2, 0.25) is 5.02 Å². The lowest BCUT2D eigenvalue weighted by atomic mass is 9.83. The minimum absolute atomic E-state index is 0.0972. The molecule has 0 aromatic heterocycles. The third kappa shape index (κ3) is 1.73. The van der Waals surface area contributed by atoms with E-state index in [4.69, 9.17) is 16.9 Å². The Hall–Kier alpha value is -1.07. The summed E-state index contributed by atoms with van der Waals surface area (Å²) in [7, 11) is 0. The van der Waals surface area contributed by atoms with Gasteiger partial charge in [-0.05, 0) is 38.0 Å². The van der Waals surface area contributed by atoms with Crippen molar-refractivity contribution in [3.8, 4) is 6.07 Å². The van der Waals surface area contributed by atoms with Crippen molar-refractivity contribution >= 4 is 11.6 Å². The van der Waals surface area contributed by atoms with Crippen molar-refractivity contribution in [1.82, 2.24) is 0 Å². The number of rotatable bonds is 1. The Labute approximate surface area is 88.1 Å². The molecule has 1 aromatic rings. The SMILES string of the molecule is Cc1c(C(C)(C)C#N)ccc(Cl)c1F. The minimum atomic E-state index is -0.685. The molecule has 0 heterocycles. The number of benzene rings is 1. The summed E-state index contributed by atoms with van der Waals surface area (Å²) in [6.45, 7) is 5.14. The molecular weight excluding hydrogens is 201 g/mol. The smallest absolute Gasteiger partial charge is 0.145 e. The summed E-state index contributed by atoms with van der Waals surface area (Å²) < 4.78 is 13.4. The summed E-state index contributed by atoms with van der Waals surface area (Å²) >= 11 is 5.62. The van der Waals surface area contributed by atoms with E-state index in [2.05, 4.69) is 6.07 Å². The van der Waals surface area contributed by atoms with E-state index in [0.717, 1.165) is 0 Å². The quantitative estimate of drug-likeness (QED) is 0.697. The van der Waals surface area contributed by atoms with E-state index in [9.17, 15) is 4.39 Å². The fraction of sp³-hybridized carbons (Fsp3) is 0.364. The van der Waals surface area contributed by atoms with Crippen LogP contribution < -0.4 is 0 Å². The topological polar surface area (TPSA) is 23.8 Å². The Morgan fingerprint density at radius 3 is 2.50 bits per heavy atom. The Morgan fingerprint density at radius 2 is 2.00 bits per heavy atom. The highest BCUT2D eigenvalue weighted by Crippen LogP contribution is 2.29. The van der Waals surface area contributed by atoms with Gasteiger partial charge in [-0.2, -0.15) is 5.26 Å². The fourth-order valence-electron chi connectivity index (χ4n) is 1.39.